The van der Waals surface area contributed by atoms with Gasteiger partial charge in [-0.1, -0.05) is 30.3 Å². The van der Waals surface area contributed by atoms with Crippen LogP contribution in [-0.4, -0.2) is 23.6 Å². The fraction of sp³-hybridized carbons (Fsp3) is 0.500. The maximum Gasteiger partial charge on any atom is 0.319 e. The Kier molecular flexibility index (Phi) is 5.09. The molecule has 0 saturated heterocycles. The molecule has 1 aromatic carbocycles. The summed E-state index contributed by atoms with van der Waals surface area (Å²) in [4.78, 5) is 29.1. The van der Waals surface area contributed by atoms with Gasteiger partial charge >= 0.3 is 5.97 Å². The van der Waals surface area contributed by atoms with Gasteiger partial charge in [-0.05, 0) is 25.3 Å². The Hall–Kier alpha value is -1.72. The molecule has 0 aromatic heterocycles. The minimum Gasteiger partial charge on any atom is -0.465 e. The molecule has 5 heteroatoms. The van der Waals surface area contributed by atoms with E-state index < -0.39 is 17.5 Å². The van der Waals surface area contributed by atoms with Crippen LogP contribution in [0, 0.1) is 5.41 Å². The number of hydrogen-bond acceptors (Lipinski definition) is 5. The maximum absolute atomic E-state index is 12.3. The van der Waals surface area contributed by atoms with E-state index in [0.717, 1.165) is 5.56 Å². The van der Waals surface area contributed by atoms with E-state index in [0.29, 0.717) is 19.3 Å². The van der Waals surface area contributed by atoms with Crippen molar-refractivity contribution in [2.45, 2.75) is 38.7 Å². The fourth-order valence-corrected chi connectivity index (χ4v) is 2.91. The van der Waals surface area contributed by atoms with Crippen molar-refractivity contribution >= 4 is 11.8 Å². The first-order valence-corrected chi connectivity index (χ1v) is 7.19. The maximum atomic E-state index is 12.3. The quantitative estimate of drug-likeness (QED) is 0.378. The molecule has 0 heterocycles. The molecule has 114 valence electrons. The number of ketones is 1. The van der Waals surface area contributed by atoms with Crippen molar-refractivity contribution in [3.63, 3.8) is 0 Å². The summed E-state index contributed by atoms with van der Waals surface area (Å²) in [6.45, 7) is 1.94. The van der Waals surface area contributed by atoms with E-state index in [1.165, 1.54) is 0 Å². The van der Waals surface area contributed by atoms with Gasteiger partial charge in [-0.25, -0.2) is 4.89 Å². The van der Waals surface area contributed by atoms with Crippen LogP contribution >= 0.6 is 0 Å². The van der Waals surface area contributed by atoms with Crippen molar-refractivity contribution in [1.82, 2.24) is 0 Å². The number of hydrogen-bond donors (Lipinski definition) is 1. The lowest BCUT2D eigenvalue weighted by molar-refractivity contribution is -0.287. The number of carbonyl (C=O) groups is 2. The van der Waals surface area contributed by atoms with Crippen LogP contribution in [0.2, 0.25) is 0 Å². The van der Waals surface area contributed by atoms with Crippen LogP contribution in [0.25, 0.3) is 0 Å². The van der Waals surface area contributed by atoms with Crippen molar-refractivity contribution in [2.24, 2.45) is 5.41 Å². The Morgan fingerprint density at radius 1 is 1.38 bits per heavy atom. The van der Waals surface area contributed by atoms with Crippen LogP contribution in [0.1, 0.15) is 44.3 Å². The Morgan fingerprint density at radius 3 is 2.62 bits per heavy atom. The monoisotopic (exact) mass is 292 g/mol. The third-order valence-electron chi connectivity index (χ3n) is 4.04. The summed E-state index contributed by atoms with van der Waals surface area (Å²) in [6, 6.07) is 9.06. The van der Waals surface area contributed by atoms with Gasteiger partial charge in [0.15, 0.2) is 0 Å². The Balaban J connectivity index is 2.26. The summed E-state index contributed by atoms with van der Waals surface area (Å²) in [5.74, 6) is -0.635. The highest BCUT2D eigenvalue weighted by molar-refractivity contribution is 6.05. The number of rotatable bonds is 6. The molecule has 2 atom stereocenters. The summed E-state index contributed by atoms with van der Waals surface area (Å²) >= 11 is 0. The lowest BCUT2D eigenvalue weighted by Crippen LogP contribution is -2.38. The van der Waals surface area contributed by atoms with Crippen molar-refractivity contribution in [3.05, 3.63) is 35.9 Å². The molecule has 1 fully saturated rings. The molecule has 0 aliphatic heterocycles. The van der Waals surface area contributed by atoms with E-state index in [-0.39, 0.29) is 18.8 Å². The van der Waals surface area contributed by atoms with Gasteiger partial charge < -0.3 is 4.74 Å². The first-order chi connectivity index (χ1) is 10.1. The summed E-state index contributed by atoms with van der Waals surface area (Å²) in [7, 11) is 0. The highest BCUT2D eigenvalue weighted by Gasteiger charge is 2.51. The molecule has 21 heavy (non-hydrogen) atoms. The summed E-state index contributed by atoms with van der Waals surface area (Å²) in [6.07, 6.45) is 0.844. The van der Waals surface area contributed by atoms with Crippen LogP contribution < -0.4 is 0 Å². The van der Waals surface area contributed by atoms with Crippen molar-refractivity contribution < 1.29 is 24.5 Å². The van der Waals surface area contributed by atoms with E-state index in [9.17, 15) is 14.8 Å². The number of Topliss-reactive ketones (excluding diaryl/α,β-unsaturated/α-hetero) is 1. The Morgan fingerprint density at radius 2 is 2.10 bits per heavy atom. The van der Waals surface area contributed by atoms with Gasteiger partial charge in [0.2, 0.25) is 0 Å². The lowest BCUT2D eigenvalue weighted by Gasteiger charge is -2.28. The summed E-state index contributed by atoms with van der Waals surface area (Å²) in [5.41, 5.74) is -0.470. The molecule has 1 aliphatic carbocycles. The zero-order valence-corrected chi connectivity index (χ0v) is 12.1. The van der Waals surface area contributed by atoms with Gasteiger partial charge in [-0.2, -0.15) is 0 Å². The van der Waals surface area contributed by atoms with Crippen molar-refractivity contribution in [3.8, 4) is 0 Å². The van der Waals surface area contributed by atoms with Gasteiger partial charge in [-0.3, -0.25) is 14.8 Å². The minimum atomic E-state index is -1.20. The lowest BCUT2D eigenvalue weighted by atomic mass is 9.78. The highest BCUT2D eigenvalue weighted by Crippen LogP contribution is 2.44. The standard InChI is InChI=1S/C16H20O5/c1-2-20-15(18)16(10-6-9-14(16)17)11-13(21-19)12-7-4-3-5-8-12/h3-5,7-8,13,19H,2,6,9-11H2,1H3. The fourth-order valence-electron chi connectivity index (χ4n) is 2.91. The molecule has 0 amide bonds. The molecule has 2 unspecified atom stereocenters. The van der Waals surface area contributed by atoms with Gasteiger partial charge in [0.1, 0.15) is 17.3 Å². The highest BCUT2D eigenvalue weighted by atomic mass is 17.1. The third kappa shape index (κ3) is 3.14. The predicted molar refractivity (Wildman–Crippen MR) is 75.4 cm³/mol. The van der Waals surface area contributed by atoms with Crippen molar-refractivity contribution in [2.75, 3.05) is 6.61 Å². The molecule has 2 rings (SSSR count). The second-order valence-electron chi connectivity index (χ2n) is 5.29. The molecule has 5 nitrogen and oxygen atoms in total. The second kappa shape index (κ2) is 6.83. The normalized spacial score (nSPS) is 23.0. The molecular formula is C16H20O5. The first kappa shape index (κ1) is 15.7. The zero-order valence-electron chi connectivity index (χ0n) is 12.1. The second-order valence-corrected chi connectivity index (χ2v) is 5.29. The van der Waals surface area contributed by atoms with E-state index in [2.05, 4.69) is 4.89 Å². The minimum absolute atomic E-state index is 0.102. The number of benzene rings is 1. The first-order valence-electron chi connectivity index (χ1n) is 7.19. The van der Waals surface area contributed by atoms with E-state index in [1.807, 2.05) is 18.2 Å². The number of esters is 1. The molecule has 0 bridgehead atoms. The van der Waals surface area contributed by atoms with Gasteiger partial charge in [0.05, 0.1) is 6.61 Å². The molecule has 1 N–H and O–H groups in total. The number of ether oxygens (including phenoxy) is 1. The summed E-state index contributed by atoms with van der Waals surface area (Å²) in [5, 5.41) is 9.19. The average molecular weight is 292 g/mol. The van der Waals surface area contributed by atoms with Gasteiger partial charge in [0.25, 0.3) is 0 Å². The topological polar surface area (TPSA) is 72.8 Å². The third-order valence-corrected chi connectivity index (χ3v) is 4.04. The molecular weight excluding hydrogens is 272 g/mol. The van der Waals surface area contributed by atoms with Crippen LogP contribution in [-0.2, 0) is 19.2 Å². The largest absolute Gasteiger partial charge is 0.465 e. The summed E-state index contributed by atoms with van der Waals surface area (Å²) < 4.78 is 5.08. The zero-order chi connectivity index (χ0) is 15.3. The Labute approximate surface area is 123 Å². The molecule has 1 saturated carbocycles. The van der Waals surface area contributed by atoms with E-state index in [1.54, 1.807) is 19.1 Å². The smallest absolute Gasteiger partial charge is 0.319 e. The van der Waals surface area contributed by atoms with Gasteiger partial charge in [-0.15, -0.1) is 0 Å². The van der Waals surface area contributed by atoms with Crippen LogP contribution in [0.4, 0.5) is 0 Å². The molecule has 0 spiro atoms. The SMILES string of the molecule is CCOC(=O)C1(CC(OO)c2ccccc2)CCCC1=O. The van der Waals surface area contributed by atoms with Crippen LogP contribution in [0.3, 0.4) is 0 Å². The van der Waals surface area contributed by atoms with E-state index >= 15 is 0 Å². The Bertz CT molecular complexity index is 499. The van der Waals surface area contributed by atoms with Crippen LogP contribution in [0.15, 0.2) is 30.3 Å². The van der Waals surface area contributed by atoms with Crippen molar-refractivity contribution in [1.29, 1.82) is 0 Å². The number of carbonyl (C=O) groups excluding carboxylic acids is 2. The van der Waals surface area contributed by atoms with Crippen LogP contribution in [0.5, 0.6) is 0 Å². The average Bonchev–Trinajstić information content (AvgIpc) is 2.88. The van der Waals surface area contributed by atoms with Gasteiger partial charge in [0, 0.05) is 12.8 Å². The molecule has 1 aromatic rings. The molecule has 1 aliphatic rings. The molecule has 0 radical (unpaired) electrons. The predicted octanol–water partition coefficient (Wildman–Crippen LogP) is 2.91. The van der Waals surface area contributed by atoms with E-state index in [4.69, 9.17) is 4.74 Å².